The average Bonchev–Trinajstić information content (AvgIpc) is 2.79. The zero-order valence-corrected chi connectivity index (χ0v) is 18.4. The number of rotatable bonds is 3. The molecule has 6 heteroatoms. The third kappa shape index (κ3) is 3.91. The van der Waals surface area contributed by atoms with Gasteiger partial charge < -0.3 is 15.1 Å². The largest absolute Gasteiger partial charge is 0.338 e. The molecule has 3 atom stereocenters. The lowest BCUT2D eigenvalue weighted by atomic mass is 9.76. The average molecular weight is 438 g/mol. The SMILES string of the molecule is O=C1[C@@H]2CCCN(C(=O)NCCc3ccccc3)[C@@H]2C[C@@H]2c3cc(Cl)ccc3CCN12. The lowest BCUT2D eigenvalue weighted by Crippen LogP contribution is -2.61. The summed E-state index contributed by atoms with van der Waals surface area (Å²) < 4.78 is 0. The summed E-state index contributed by atoms with van der Waals surface area (Å²) in [6.45, 7) is 2.06. The number of carbonyl (C=O) groups excluding carboxylic acids is 2. The summed E-state index contributed by atoms with van der Waals surface area (Å²) in [5.74, 6) is 0.110. The second-order valence-electron chi connectivity index (χ2n) is 8.85. The maximum absolute atomic E-state index is 13.4. The van der Waals surface area contributed by atoms with E-state index < -0.39 is 0 Å². The Morgan fingerprint density at radius 2 is 1.97 bits per heavy atom. The van der Waals surface area contributed by atoms with Gasteiger partial charge in [0.15, 0.2) is 0 Å². The number of urea groups is 1. The normalized spacial score (nSPS) is 24.8. The van der Waals surface area contributed by atoms with Gasteiger partial charge in [-0.25, -0.2) is 4.79 Å². The Morgan fingerprint density at radius 1 is 1.13 bits per heavy atom. The van der Waals surface area contributed by atoms with Crippen molar-refractivity contribution in [3.05, 3.63) is 70.2 Å². The number of nitrogens with zero attached hydrogens (tertiary/aromatic N) is 2. The van der Waals surface area contributed by atoms with Crippen molar-refractivity contribution in [3.63, 3.8) is 0 Å². The summed E-state index contributed by atoms with van der Waals surface area (Å²) in [6.07, 6.45) is 4.20. The molecular weight excluding hydrogens is 410 g/mol. The molecule has 0 aliphatic carbocycles. The molecule has 0 saturated carbocycles. The third-order valence-corrected chi connectivity index (χ3v) is 7.34. The fraction of sp³-hybridized carbons (Fsp3) is 0.440. The molecule has 5 nitrogen and oxygen atoms in total. The Labute approximate surface area is 188 Å². The number of piperidine rings is 2. The molecule has 3 aliphatic heterocycles. The molecule has 2 fully saturated rings. The molecule has 31 heavy (non-hydrogen) atoms. The Kier molecular flexibility index (Phi) is 5.61. The summed E-state index contributed by atoms with van der Waals surface area (Å²) in [5, 5.41) is 3.79. The second-order valence-corrected chi connectivity index (χ2v) is 9.29. The van der Waals surface area contributed by atoms with Crippen molar-refractivity contribution in [2.24, 2.45) is 5.92 Å². The van der Waals surface area contributed by atoms with Gasteiger partial charge in [0.05, 0.1) is 12.0 Å². The number of likely N-dealkylation sites (tertiary alicyclic amines) is 1. The van der Waals surface area contributed by atoms with Gasteiger partial charge in [-0.15, -0.1) is 0 Å². The van der Waals surface area contributed by atoms with Crippen LogP contribution in [0.3, 0.4) is 0 Å². The van der Waals surface area contributed by atoms with E-state index in [0.29, 0.717) is 18.1 Å². The Morgan fingerprint density at radius 3 is 2.81 bits per heavy atom. The molecule has 2 aromatic carbocycles. The van der Waals surface area contributed by atoms with E-state index in [4.69, 9.17) is 11.6 Å². The highest BCUT2D eigenvalue weighted by molar-refractivity contribution is 6.30. The first-order chi connectivity index (χ1) is 15.1. The standard InChI is InChI=1S/C25H28ClN3O2/c26-19-9-8-18-11-14-28-23(21(18)15-19)16-22-20(24(28)30)7-4-13-29(22)25(31)27-12-10-17-5-2-1-3-6-17/h1-3,5-6,8-9,15,20,22-23H,4,7,10-14,16H2,(H,27,31)/t20-,22-,23-/m1/s1. The lowest BCUT2D eigenvalue weighted by Gasteiger charge is -2.51. The smallest absolute Gasteiger partial charge is 0.317 e. The molecular formula is C25H28ClN3O2. The number of nitrogens with one attached hydrogen (secondary N) is 1. The van der Waals surface area contributed by atoms with E-state index in [2.05, 4.69) is 23.5 Å². The van der Waals surface area contributed by atoms with Gasteiger partial charge in [-0.3, -0.25) is 4.79 Å². The maximum atomic E-state index is 13.4. The van der Waals surface area contributed by atoms with E-state index in [1.807, 2.05) is 40.1 Å². The Hall–Kier alpha value is -2.53. The van der Waals surface area contributed by atoms with E-state index in [9.17, 15) is 9.59 Å². The van der Waals surface area contributed by atoms with Crippen LogP contribution in [0.15, 0.2) is 48.5 Å². The maximum Gasteiger partial charge on any atom is 0.317 e. The van der Waals surface area contributed by atoms with Crippen LogP contribution in [-0.2, 0) is 17.6 Å². The van der Waals surface area contributed by atoms with Gasteiger partial charge in [-0.1, -0.05) is 48.0 Å². The number of carbonyl (C=O) groups is 2. The molecule has 2 aromatic rings. The third-order valence-electron chi connectivity index (χ3n) is 7.10. The van der Waals surface area contributed by atoms with E-state index in [1.165, 1.54) is 11.1 Å². The van der Waals surface area contributed by atoms with E-state index in [-0.39, 0.29) is 29.9 Å². The van der Waals surface area contributed by atoms with Crippen LogP contribution < -0.4 is 5.32 Å². The molecule has 5 rings (SSSR count). The molecule has 0 bridgehead atoms. The minimum atomic E-state index is -0.0920. The van der Waals surface area contributed by atoms with E-state index in [0.717, 1.165) is 44.2 Å². The van der Waals surface area contributed by atoms with Gasteiger partial charge in [0, 0.05) is 30.7 Å². The minimum Gasteiger partial charge on any atom is -0.338 e. The van der Waals surface area contributed by atoms with Crippen LogP contribution in [0.5, 0.6) is 0 Å². The first-order valence-electron chi connectivity index (χ1n) is 11.3. The molecule has 2 saturated heterocycles. The number of fused-ring (bicyclic) bond motifs is 4. The van der Waals surface area contributed by atoms with Crippen LogP contribution in [0, 0.1) is 5.92 Å². The van der Waals surface area contributed by atoms with Crippen LogP contribution in [0.1, 0.15) is 42.0 Å². The summed E-state index contributed by atoms with van der Waals surface area (Å²) in [7, 11) is 0. The summed E-state index contributed by atoms with van der Waals surface area (Å²) in [5.41, 5.74) is 3.63. The van der Waals surface area contributed by atoms with Crippen molar-refractivity contribution in [1.82, 2.24) is 15.1 Å². The number of benzene rings is 2. The lowest BCUT2D eigenvalue weighted by molar-refractivity contribution is -0.148. The zero-order valence-electron chi connectivity index (χ0n) is 17.6. The quantitative estimate of drug-likeness (QED) is 0.782. The number of hydrogen-bond acceptors (Lipinski definition) is 2. The molecule has 0 radical (unpaired) electrons. The zero-order chi connectivity index (χ0) is 21.4. The number of halogens is 1. The van der Waals surface area contributed by atoms with Crippen LogP contribution in [0.4, 0.5) is 4.79 Å². The minimum absolute atomic E-state index is 0.00826. The molecule has 3 aliphatic rings. The summed E-state index contributed by atoms with van der Waals surface area (Å²) >= 11 is 6.29. The molecule has 3 amide bonds. The number of amides is 3. The molecule has 3 heterocycles. The van der Waals surface area contributed by atoms with Crippen molar-refractivity contribution < 1.29 is 9.59 Å². The van der Waals surface area contributed by atoms with Crippen molar-refractivity contribution in [1.29, 1.82) is 0 Å². The van der Waals surface area contributed by atoms with Gasteiger partial charge in [0.25, 0.3) is 0 Å². The van der Waals surface area contributed by atoms with E-state index in [1.54, 1.807) is 0 Å². The summed E-state index contributed by atoms with van der Waals surface area (Å²) in [4.78, 5) is 30.4. The van der Waals surface area contributed by atoms with Crippen LogP contribution in [-0.4, -0.2) is 47.4 Å². The highest BCUT2D eigenvalue weighted by Crippen LogP contribution is 2.44. The predicted molar refractivity (Wildman–Crippen MR) is 121 cm³/mol. The molecule has 0 aromatic heterocycles. The highest BCUT2D eigenvalue weighted by atomic mass is 35.5. The van der Waals surface area contributed by atoms with Crippen molar-refractivity contribution in [3.8, 4) is 0 Å². The fourth-order valence-corrected chi connectivity index (χ4v) is 5.76. The monoisotopic (exact) mass is 437 g/mol. The van der Waals surface area contributed by atoms with Crippen LogP contribution in [0.2, 0.25) is 5.02 Å². The Balaban J connectivity index is 1.32. The topological polar surface area (TPSA) is 52.7 Å². The summed E-state index contributed by atoms with van der Waals surface area (Å²) in [6, 6.07) is 16.1. The van der Waals surface area contributed by atoms with Crippen LogP contribution >= 0.6 is 11.6 Å². The molecule has 162 valence electrons. The number of hydrogen-bond donors (Lipinski definition) is 1. The van der Waals surface area contributed by atoms with Gasteiger partial charge in [0.2, 0.25) is 5.91 Å². The van der Waals surface area contributed by atoms with Gasteiger partial charge in [-0.05, 0) is 60.9 Å². The predicted octanol–water partition coefficient (Wildman–Crippen LogP) is 4.20. The van der Waals surface area contributed by atoms with Gasteiger partial charge in [-0.2, -0.15) is 0 Å². The van der Waals surface area contributed by atoms with E-state index >= 15 is 0 Å². The molecule has 0 unspecified atom stereocenters. The van der Waals surface area contributed by atoms with Gasteiger partial charge >= 0.3 is 6.03 Å². The van der Waals surface area contributed by atoms with Gasteiger partial charge in [0.1, 0.15) is 0 Å². The van der Waals surface area contributed by atoms with Crippen LogP contribution in [0.25, 0.3) is 0 Å². The van der Waals surface area contributed by atoms with Crippen molar-refractivity contribution in [2.45, 2.75) is 44.2 Å². The molecule has 0 spiro atoms. The molecule has 1 N–H and O–H groups in total. The highest BCUT2D eigenvalue weighted by Gasteiger charge is 2.48. The first-order valence-corrected chi connectivity index (χ1v) is 11.7. The van der Waals surface area contributed by atoms with Crippen molar-refractivity contribution >= 4 is 23.5 Å². The second kappa shape index (κ2) is 8.54. The van der Waals surface area contributed by atoms with Crippen molar-refractivity contribution in [2.75, 3.05) is 19.6 Å². The Bertz CT molecular complexity index is 980. The first kappa shape index (κ1) is 20.4. The fourth-order valence-electron chi connectivity index (χ4n) is 5.58.